The Labute approximate surface area is 152 Å². The number of rotatable bonds is 5. The minimum Gasteiger partial charge on any atom is -0.462 e. The number of carbonyl (C=O) groups excluding carboxylic acids is 2. The Hall–Kier alpha value is -1.45. The maximum atomic E-state index is 12.6. The summed E-state index contributed by atoms with van der Waals surface area (Å²) in [4.78, 5) is 25.7. The summed E-state index contributed by atoms with van der Waals surface area (Å²) < 4.78 is 29.6. The van der Waals surface area contributed by atoms with Gasteiger partial charge < -0.3 is 10.1 Å². The van der Waals surface area contributed by atoms with Crippen molar-refractivity contribution in [2.75, 3.05) is 31.3 Å². The number of anilines is 1. The molecule has 0 aromatic carbocycles. The van der Waals surface area contributed by atoms with Gasteiger partial charge in [0.1, 0.15) is 5.00 Å². The van der Waals surface area contributed by atoms with E-state index >= 15 is 0 Å². The Balaban J connectivity index is 2.09. The smallest absolute Gasteiger partial charge is 0.341 e. The third kappa shape index (κ3) is 4.59. The summed E-state index contributed by atoms with van der Waals surface area (Å²) >= 11 is 1.35. The highest BCUT2D eigenvalue weighted by molar-refractivity contribution is 7.88. The third-order valence-corrected chi connectivity index (χ3v) is 6.82. The first-order chi connectivity index (χ1) is 11.6. The number of ether oxygens (including phenoxy) is 1. The predicted octanol–water partition coefficient (Wildman–Crippen LogP) is 2.15. The number of esters is 1. The lowest BCUT2D eigenvalue weighted by atomic mass is 9.97. The molecule has 1 N–H and O–H groups in total. The summed E-state index contributed by atoms with van der Waals surface area (Å²) in [5.74, 6) is -0.887. The first kappa shape index (κ1) is 19.9. The lowest BCUT2D eigenvalue weighted by molar-refractivity contribution is -0.120. The monoisotopic (exact) mass is 388 g/mol. The van der Waals surface area contributed by atoms with Gasteiger partial charge in [-0.2, -0.15) is 0 Å². The number of amides is 1. The Bertz CT molecular complexity index is 762. The zero-order chi connectivity index (χ0) is 18.8. The normalized spacial score (nSPS) is 16.6. The van der Waals surface area contributed by atoms with Crippen molar-refractivity contribution in [2.45, 2.75) is 33.6 Å². The van der Waals surface area contributed by atoms with E-state index in [0.717, 1.165) is 10.4 Å². The van der Waals surface area contributed by atoms with E-state index < -0.39 is 16.0 Å². The van der Waals surface area contributed by atoms with Crippen LogP contribution in [0.3, 0.4) is 0 Å². The summed E-state index contributed by atoms with van der Waals surface area (Å²) in [6.07, 6.45) is 2.12. The first-order valence-corrected chi connectivity index (χ1v) is 10.8. The second-order valence-corrected chi connectivity index (χ2v) is 9.34. The van der Waals surface area contributed by atoms with Crippen molar-refractivity contribution in [3.63, 3.8) is 0 Å². The van der Waals surface area contributed by atoms with E-state index in [9.17, 15) is 18.0 Å². The highest BCUT2D eigenvalue weighted by atomic mass is 32.2. The second-order valence-electron chi connectivity index (χ2n) is 6.13. The highest BCUT2D eigenvalue weighted by Gasteiger charge is 2.30. The fourth-order valence-corrected chi connectivity index (χ4v) is 4.75. The van der Waals surface area contributed by atoms with Crippen LogP contribution in [0.25, 0.3) is 0 Å². The molecule has 1 amide bonds. The molecule has 0 spiro atoms. The minimum atomic E-state index is -3.22. The van der Waals surface area contributed by atoms with Crippen LogP contribution in [0.4, 0.5) is 5.00 Å². The van der Waals surface area contributed by atoms with E-state index in [1.54, 1.807) is 6.92 Å². The number of hydrogen-bond acceptors (Lipinski definition) is 6. The fraction of sp³-hybridized carbons (Fsp3) is 0.625. The molecule has 1 aromatic rings. The van der Waals surface area contributed by atoms with Crippen LogP contribution in [-0.4, -0.2) is 50.6 Å². The van der Waals surface area contributed by atoms with Gasteiger partial charge in [0.25, 0.3) is 0 Å². The number of carbonyl (C=O) groups is 2. The quantitative estimate of drug-likeness (QED) is 0.780. The van der Waals surface area contributed by atoms with E-state index in [1.165, 1.54) is 21.9 Å². The van der Waals surface area contributed by atoms with Crippen LogP contribution < -0.4 is 5.32 Å². The molecular formula is C16H24N2O5S2. The molecule has 9 heteroatoms. The zero-order valence-corrected chi connectivity index (χ0v) is 16.6. The Kier molecular flexibility index (Phi) is 6.23. The van der Waals surface area contributed by atoms with E-state index in [-0.39, 0.29) is 18.4 Å². The molecule has 7 nitrogen and oxygen atoms in total. The average molecular weight is 389 g/mol. The summed E-state index contributed by atoms with van der Waals surface area (Å²) in [5.41, 5.74) is 1.22. The molecule has 1 fully saturated rings. The lowest BCUT2D eigenvalue weighted by Gasteiger charge is -2.29. The molecule has 1 saturated heterocycles. The molecule has 25 heavy (non-hydrogen) atoms. The van der Waals surface area contributed by atoms with Crippen molar-refractivity contribution in [3.8, 4) is 0 Å². The number of sulfonamides is 1. The number of hydrogen-bond donors (Lipinski definition) is 1. The van der Waals surface area contributed by atoms with Gasteiger partial charge in [-0.25, -0.2) is 17.5 Å². The van der Waals surface area contributed by atoms with Crippen LogP contribution in [0, 0.1) is 19.8 Å². The van der Waals surface area contributed by atoms with Crippen molar-refractivity contribution < 1.29 is 22.7 Å². The van der Waals surface area contributed by atoms with Gasteiger partial charge in [0.15, 0.2) is 0 Å². The first-order valence-electron chi connectivity index (χ1n) is 8.18. The van der Waals surface area contributed by atoms with Crippen LogP contribution >= 0.6 is 11.3 Å². The molecule has 0 aliphatic carbocycles. The van der Waals surface area contributed by atoms with Gasteiger partial charge in [-0.1, -0.05) is 0 Å². The standard InChI is InChI=1S/C16H24N2O5S2/c1-5-23-16(20)13-10(2)11(3)24-15(13)17-14(19)12-6-8-18(9-7-12)25(4,21)22/h12H,5-9H2,1-4H3,(H,17,19). The zero-order valence-electron chi connectivity index (χ0n) is 14.9. The molecule has 0 unspecified atom stereocenters. The van der Waals surface area contributed by atoms with Crippen molar-refractivity contribution in [1.29, 1.82) is 0 Å². The van der Waals surface area contributed by atoms with Crippen LogP contribution in [-0.2, 0) is 19.6 Å². The van der Waals surface area contributed by atoms with Gasteiger partial charge in [-0.3, -0.25) is 4.79 Å². The van der Waals surface area contributed by atoms with Crippen molar-refractivity contribution >= 4 is 38.2 Å². The number of aryl methyl sites for hydroxylation is 1. The molecule has 2 rings (SSSR count). The van der Waals surface area contributed by atoms with Gasteiger partial charge >= 0.3 is 5.97 Å². The molecule has 1 aromatic heterocycles. The molecule has 140 valence electrons. The summed E-state index contributed by atoms with van der Waals surface area (Å²) in [7, 11) is -3.22. The lowest BCUT2D eigenvalue weighted by Crippen LogP contribution is -2.40. The maximum absolute atomic E-state index is 12.6. The van der Waals surface area contributed by atoms with E-state index in [0.29, 0.717) is 36.5 Å². The molecular weight excluding hydrogens is 364 g/mol. The highest BCUT2D eigenvalue weighted by Crippen LogP contribution is 2.34. The summed E-state index contributed by atoms with van der Waals surface area (Å²) in [6, 6.07) is 0. The molecule has 0 bridgehead atoms. The minimum absolute atomic E-state index is 0.181. The predicted molar refractivity (Wildman–Crippen MR) is 97.5 cm³/mol. The van der Waals surface area contributed by atoms with Gasteiger partial charge in [-0.05, 0) is 39.2 Å². The van der Waals surface area contributed by atoms with Crippen molar-refractivity contribution in [2.24, 2.45) is 5.92 Å². The van der Waals surface area contributed by atoms with E-state index in [1.807, 2.05) is 13.8 Å². The largest absolute Gasteiger partial charge is 0.462 e. The van der Waals surface area contributed by atoms with Gasteiger partial charge in [0, 0.05) is 23.9 Å². The van der Waals surface area contributed by atoms with Crippen molar-refractivity contribution in [3.05, 3.63) is 16.0 Å². The maximum Gasteiger partial charge on any atom is 0.341 e. The van der Waals surface area contributed by atoms with Crippen LogP contribution in [0.1, 0.15) is 40.6 Å². The SMILES string of the molecule is CCOC(=O)c1c(NC(=O)C2CCN(S(C)(=O)=O)CC2)sc(C)c1C. The molecule has 0 saturated carbocycles. The molecule has 2 heterocycles. The topological polar surface area (TPSA) is 92.8 Å². The number of thiophene rings is 1. The fourth-order valence-electron chi connectivity index (χ4n) is 2.83. The summed E-state index contributed by atoms with van der Waals surface area (Å²) in [6.45, 7) is 6.40. The van der Waals surface area contributed by atoms with E-state index in [4.69, 9.17) is 4.74 Å². The Morgan fingerprint density at radius 2 is 1.88 bits per heavy atom. The molecule has 1 aliphatic heterocycles. The molecule has 0 radical (unpaired) electrons. The number of nitrogens with one attached hydrogen (secondary N) is 1. The van der Waals surface area contributed by atoms with Gasteiger partial charge in [0.2, 0.25) is 15.9 Å². The number of piperidine rings is 1. The van der Waals surface area contributed by atoms with Crippen LogP contribution in [0.5, 0.6) is 0 Å². The molecule has 0 atom stereocenters. The van der Waals surface area contributed by atoms with Crippen LogP contribution in [0.15, 0.2) is 0 Å². The van der Waals surface area contributed by atoms with Gasteiger partial charge in [0.05, 0.1) is 18.4 Å². The molecule has 1 aliphatic rings. The van der Waals surface area contributed by atoms with E-state index in [2.05, 4.69) is 5.32 Å². The van der Waals surface area contributed by atoms with Crippen molar-refractivity contribution in [1.82, 2.24) is 4.31 Å². The Morgan fingerprint density at radius 3 is 2.40 bits per heavy atom. The average Bonchev–Trinajstić information content (AvgIpc) is 2.81. The number of nitrogens with zero attached hydrogens (tertiary/aromatic N) is 1. The second kappa shape index (κ2) is 7.84. The summed E-state index contributed by atoms with van der Waals surface area (Å²) in [5, 5.41) is 3.35. The van der Waals surface area contributed by atoms with Crippen LogP contribution in [0.2, 0.25) is 0 Å². The van der Waals surface area contributed by atoms with Gasteiger partial charge in [-0.15, -0.1) is 11.3 Å². The third-order valence-electron chi connectivity index (χ3n) is 4.40. The Morgan fingerprint density at radius 1 is 1.28 bits per heavy atom.